The third-order valence-electron chi connectivity index (χ3n) is 2.05. The van der Waals surface area contributed by atoms with Crippen LogP contribution < -0.4 is 10.5 Å². The second kappa shape index (κ2) is 5.39. The molecule has 1 aromatic heterocycles. The molecule has 0 aliphatic heterocycles. The summed E-state index contributed by atoms with van der Waals surface area (Å²) in [6, 6.07) is -0.440. The molecule has 4 N–H and O–H groups in total. The average Bonchev–Trinajstić information content (AvgIpc) is 2.64. The molecule has 0 fully saturated rings. The fraction of sp³-hybridized carbons (Fsp3) is 0.625. The number of hydrogen-bond acceptors (Lipinski definition) is 5. The number of aromatic nitrogens is 2. The first-order valence-electron chi connectivity index (χ1n) is 4.72. The zero-order chi connectivity index (χ0) is 12.2. The van der Waals surface area contributed by atoms with Crippen molar-refractivity contribution in [1.82, 2.24) is 14.9 Å². The molecule has 0 radical (unpaired) electrons. The van der Waals surface area contributed by atoms with E-state index in [9.17, 15) is 8.42 Å². The van der Waals surface area contributed by atoms with Gasteiger partial charge in [-0.15, -0.1) is 0 Å². The summed E-state index contributed by atoms with van der Waals surface area (Å²) in [4.78, 5) is 0.127. The molecule has 0 aromatic carbocycles. The van der Waals surface area contributed by atoms with E-state index in [1.165, 1.54) is 13.3 Å². The lowest BCUT2D eigenvalue weighted by atomic mass is 10.3. The highest BCUT2D eigenvalue weighted by Crippen LogP contribution is 2.11. The zero-order valence-electron chi connectivity index (χ0n) is 9.23. The molecule has 0 aliphatic carbocycles. The van der Waals surface area contributed by atoms with Crippen molar-refractivity contribution in [2.24, 2.45) is 5.73 Å². The number of methoxy groups -OCH3 is 1. The number of H-pyrrole nitrogens is 1. The second-order valence-electron chi connectivity index (χ2n) is 3.37. The van der Waals surface area contributed by atoms with Crippen molar-refractivity contribution in [1.29, 1.82) is 0 Å². The number of sulfonamides is 1. The Morgan fingerprint density at radius 1 is 1.69 bits per heavy atom. The lowest BCUT2D eigenvalue weighted by Crippen LogP contribution is -2.43. The Kier molecular flexibility index (Phi) is 4.42. The van der Waals surface area contributed by atoms with Gasteiger partial charge in [0.15, 0.2) is 0 Å². The molecule has 1 atom stereocenters. The molecule has 16 heavy (non-hydrogen) atoms. The topological polar surface area (TPSA) is 110 Å². The van der Waals surface area contributed by atoms with Crippen LogP contribution in [0.4, 0.5) is 0 Å². The SMILES string of the molecule is COCC(CN)NS(=O)(=O)c1cn[nH]c1C. The van der Waals surface area contributed by atoms with E-state index in [4.69, 9.17) is 10.5 Å². The first kappa shape index (κ1) is 13.1. The molecule has 0 aliphatic rings. The Bertz CT molecular complexity index is 428. The van der Waals surface area contributed by atoms with Gasteiger partial charge in [-0.2, -0.15) is 5.10 Å². The molecule has 0 amide bonds. The smallest absolute Gasteiger partial charge is 0.244 e. The average molecular weight is 248 g/mol. The first-order valence-corrected chi connectivity index (χ1v) is 6.21. The Morgan fingerprint density at radius 3 is 2.81 bits per heavy atom. The van der Waals surface area contributed by atoms with Gasteiger partial charge in [-0.25, -0.2) is 13.1 Å². The van der Waals surface area contributed by atoms with Gasteiger partial charge in [-0.05, 0) is 6.92 Å². The minimum absolute atomic E-state index is 0.127. The number of ether oxygens (including phenoxy) is 1. The molecular formula is C8H16N4O3S. The van der Waals surface area contributed by atoms with Gasteiger partial charge in [0.05, 0.1) is 24.5 Å². The van der Waals surface area contributed by atoms with Gasteiger partial charge in [0, 0.05) is 13.7 Å². The molecule has 1 heterocycles. The van der Waals surface area contributed by atoms with Crippen LogP contribution in [-0.4, -0.2) is 44.9 Å². The minimum atomic E-state index is -3.58. The zero-order valence-corrected chi connectivity index (χ0v) is 10.0. The maximum Gasteiger partial charge on any atom is 0.244 e. The van der Waals surface area contributed by atoms with Crippen molar-refractivity contribution in [2.75, 3.05) is 20.3 Å². The van der Waals surface area contributed by atoms with Crippen molar-refractivity contribution in [2.45, 2.75) is 17.9 Å². The quantitative estimate of drug-likeness (QED) is 0.596. The van der Waals surface area contributed by atoms with E-state index in [1.54, 1.807) is 6.92 Å². The molecule has 1 aromatic rings. The van der Waals surface area contributed by atoms with E-state index in [-0.39, 0.29) is 18.0 Å². The summed E-state index contributed by atoms with van der Waals surface area (Å²) in [5, 5.41) is 6.23. The summed E-state index contributed by atoms with van der Waals surface area (Å²) in [6.45, 7) is 2.03. The van der Waals surface area contributed by atoms with Crippen LogP contribution in [0.5, 0.6) is 0 Å². The summed E-state index contributed by atoms with van der Waals surface area (Å²) < 4.78 is 31.1. The van der Waals surface area contributed by atoms with E-state index in [0.29, 0.717) is 5.69 Å². The number of nitrogens with zero attached hydrogens (tertiary/aromatic N) is 1. The molecule has 1 rings (SSSR count). The van der Waals surface area contributed by atoms with Crippen molar-refractivity contribution in [3.63, 3.8) is 0 Å². The lowest BCUT2D eigenvalue weighted by Gasteiger charge is -2.15. The molecule has 8 heteroatoms. The number of aromatic amines is 1. The number of hydrogen-bond donors (Lipinski definition) is 3. The Morgan fingerprint density at radius 2 is 2.38 bits per heavy atom. The van der Waals surface area contributed by atoms with Crippen LogP contribution in [0.1, 0.15) is 5.69 Å². The predicted octanol–water partition coefficient (Wildman–Crippen LogP) is -1.03. The molecule has 7 nitrogen and oxygen atoms in total. The Hall–Kier alpha value is -0.960. The predicted molar refractivity (Wildman–Crippen MR) is 58.4 cm³/mol. The van der Waals surface area contributed by atoms with Crippen molar-refractivity contribution < 1.29 is 13.2 Å². The lowest BCUT2D eigenvalue weighted by molar-refractivity contribution is 0.177. The first-order chi connectivity index (χ1) is 7.51. The molecular weight excluding hydrogens is 232 g/mol. The number of nitrogens with one attached hydrogen (secondary N) is 2. The van der Waals surface area contributed by atoms with Gasteiger partial charge in [0.1, 0.15) is 4.90 Å². The Balaban J connectivity index is 2.83. The van der Waals surface area contributed by atoms with E-state index in [1.807, 2.05) is 0 Å². The molecule has 0 spiro atoms. The summed E-state index contributed by atoms with van der Waals surface area (Å²) >= 11 is 0. The van der Waals surface area contributed by atoms with Gasteiger partial charge in [-0.1, -0.05) is 0 Å². The van der Waals surface area contributed by atoms with Gasteiger partial charge in [0.25, 0.3) is 0 Å². The van der Waals surface area contributed by atoms with Crippen LogP contribution in [0.3, 0.4) is 0 Å². The van der Waals surface area contributed by atoms with E-state index in [2.05, 4.69) is 14.9 Å². The fourth-order valence-corrected chi connectivity index (χ4v) is 2.62. The van der Waals surface area contributed by atoms with Gasteiger partial charge in [0.2, 0.25) is 10.0 Å². The van der Waals surface area contributed by atoms with Crippen LogP contribution in [0, 0.1) is 6.92 Å². The van der Waals surface area contributed by atoms with Crippen LogP contribution in [0.2, 0.25) is 0 Å². The summed E-state index contributed by atoms with van der Waals surface area (Å²) in [7, 11) is -2.10. The summed E-state index contributed by atoms with van der Waals surface area (Å²) in [5.41, 5.74) is 5.91. The highest BCUT2D eigenvalue weighted by Gasteiger charge is 2.22. The summed E-state index contributed by atoms with van der Waals surface area (Å²) in [5.74, 6) is 0. The number of nitrogens with two attached hydrogens (primary N) is 1. The molecule has 1 unspecified atom stereocenters. The fourth-order valence-electron chi connectivity index (χ4n) is 1.24. The maximum atomic E-state index is 11.9. The normalized spacial score (nSPS) is 13.9. The van der Waals surface area contributed by atoms with E-state index in [0.717, 1.165) is 0 Å². The van der Waals surface area contributed by atoms with Gasteiger partial charge >= 0.3 is 0 Å². The molecule has 92 valence electrons. The van der Waals surface area contributed by atoms with Crippen LogP contribution in [0.25, 0.3) is 0 Å². The third kappa shape index (κ3) is 3.01. The highest BCUT2D eigenvalue weighted by atomic mass is 32.2. The van der Waals surface area contributed by atoms with Crippen molar-refractivity contribution >= 4 is 10.0 Å². The minimum Gasteiger partial charge on any atom is -0.383 e. The van der Waals surface area contributed by atoms with Crippen LogP contribution in [0.15, 0.2) is 11.1 Å². The number of aryl methyl sites for hydroxylation is 1. The van der Waals surface area contributed by atoms with Gasteiger partial charge in [-0.3, -0.25) is 5.10 Å². The Labute approximate surface area is 94.4 Å². The standard InChI is InChI=1S/C8H16N4O3S/c1-6-8(4-10-11-6)16(13,14)12-7(3-9)5-15-2/h4,7,12H,3,5,9H2,1-2H3,(H,10,11). The van der Waals surface area contributed by atoms with E-state index < -0.39 is 16.1 Å². The highest BCUT2D eigenvalue weighted by molar-refractivity contribution is 7.89. The number of rotatable bonds is 6. The van der Waals surface area contributed by atoms with Gasteiger partial charge < -0.3 is 10.5 Å². The second-order valence-corrected chi connectivity index (χ2v) is 5.05. The molecule has 0 saturated heterocycles. The van der Waals surface area contributed by atoms with Crippen molar-refractivity contribution in [3.8, 4) is 0 Å². The monoisotopic (exact) mass is 248 g/mol. The van der Waals surface area contributed by atoms with E-state index >= 15 is 0 Å². The van der Waals surface area contributed by atoms with Crippen LogP contribution >= 0.6 is 0 Å². The summed E-state index contributed by atoms with van der Waals surface area (Å²) in [6.07, 6.45) is 1.26. The van der Waals surface area contributed by atoms with Crippen molar-refractivity contribution in [3.05, 3.63) is 11.9 Å². The maximum absolute atomic E-state index is 11.9. The van der Waals surface area contributed by atoms with Crippen LogP contribution in [-0.2, 0) is 14.8 Å². The molecule has 0 bridgehead atoms. The largest absolute Gasteiger partial charge is 0.383 e. The molecule has 0 saturated carbocycles. The third-order valence-corrected chi connectivity index (χ3v) is 3.68.